The van der Waals surface area contributed by atoms with Gasteiger partial charge >= 0.3 is 6.09 Å². The maximum Gasteiger partial charge on any atom is 0.411 e. The van der Waals surface area contributed by atoms with Gasteiger partial charge in [0.05, 0.1) is 12.0 Å². The monoisotopic (exact) mass is 372 g/mol. The van der Waals surface area contributed by atoms with Crippen LogP contribution in [-0.4, -0.2) is 30.6 Å². The predicted molar refractivity (Wildman–Crippen MR) is 101 cm³/mol. The number of ether oxygens (including phenoxy) is 1. The fraction of sp³-hybridized carbons (Fsp3) is 0.222. The highest BCUT2D eigenvalue weighted by atomic mass is 16.6. The van der Waals surface area contributed by atoms with Crippen LogP contribution in [0.3, 0.4) is 0 Å². The highest BCUT2D eigenvalue weighted by Crippen LogP contribution is 2.22. The minimum atomic E-state index is -0.554. The summed E-state index contributed by atoms with van der Waals surface area (Å²) < 4.78 is 4.50. The second kappa shape index (κ2) is 9.76. The van der Waals surface area contributed by atoms with Crippen LogP contribution in [0.4, 0.5) is 21.9 Å². The summed E-state index contributed by atoms with van der Waals surface area (Å²) in [4.78, 5) is 33.5. The van der Waals surface area contributed by atoms with Crippen molar-refractivity contribution < 1.29 is 19.2 Å². The zero-order valence-corrected chi connectivity index (χ0v) is 14.7. The van der Waals surface area contributed by atoms with Gasteiger partial charge in [-0.05, 0) is 23.8 Å². The molecule has 0 aliphatic rings. The Balaban J connectivity index is 1.75. The van der Waals surface area contributed by atoms with Crippen LogP contribution in [0.15, 0.2) is 48.5 Å². The van der Waals surface area contributed by atoms with E-state index in [2.05, 4.69) is 20.7 Å². The van der Waals surface area contributed by atoms with E-state index < -0.39 is 11.0 Å². The molecule has 3 N–H and O–H groups in total. The van der Waals surface area contributed by atoms with Crippen molar-refractivity contribution in [1.82, 2.24) is 5.32 Å². The maximum atomic E-state index is 11.9. The number of anilines is 2. The molecule has 0 saturated carbocycles. The number of nitro benzene ring substituents is 1. The van der Waals surface area contributed by atoms with Gasteiger partial charge in [0, 0.05) is 31.3 Å². The summed E-state index contributed by atoms with van der Waals surface area (Å²) in [6.45, 7) is 0.613. The third kappa shape index (κ3) is 6.31. The standard InChI is InChI=1S/C18H20N4O5/c1-27-18(24)21-14-8-6-13(7-9-14)12-20-17(23)10-11-19-15-4-2-3-5-16(15)22(25)26/h2-9,19H,10-12H2,1H3,(H,20,23)(H,21,24). The number of hydrogen-bond donors (Lipinski definition) is 3. The molecule has 2 rings (SSSR count). The molecule has 0 radical (unpaired) electrons. The first-order valence-corrected chi connectivity index (χ1v) is 8.17. The number of carbonyl (C=O) groups is 2. The SMILES string of the molecule is COC(=O)Nc1ccc(CNC(=O)CCNc2ccccc2[N+](=O)[O-])cc1. The van der Waals surface area contributed by atoms with Gasteiger partial charge < -0.3 is 15.4 Å². The Morgan fingerprint density at radius 1 is 1.11 bits per heavy atom. The van der Waals surface area contributed by atoms with Gasteiger partial charge in [-0.3, -0.25) is 20.2 Å². The van der Waals surface area contributed by atoms with Gasteiger partial charge in [0.25, 0.3) is 5.69 Å². The molecule has 0 atom stereocenters. The molecule has 142 valence electrons. The van der Waals surface area contributed by atoms with E-state index in [-0.39, 0.29) is 24.6 Å². The summed E-state index contributed by atoms with van der Waals surface area (Å²) in [5, 5.41) is 19.1. The number of nitrogens with zero attached hydrogens (tertiary/aromatic N) is 1. The molecule has 2 aromatic carbocycles. The molecule has 0 aromatic heterocycles. The second-order valence-corrected chi connectivity index (χ2v) is 5.54. The number of amides is 2. The van der Waals surface area contributed by atoms with Crippen molar-refractivity contribution in [3.8, 4) is 0 Å². The first kappa shape index (κ1) is 19.7. The summed E-state index contributed by atoms with van der Waals surface area (Å²) in [6, 6.07) is 13.2. The van der Waals surface area contributed by atoms with Crippen molar-refractivity contribution in [3.05, 3.63) is 64.2 Å². The lowest BCUT2D eigenvalue weighted by atomic mass is 10.2. The number of methoxy groups -OCH3 is 1. The number of benzene rings is 2. The van der Waals surface area contributed by atoms with Gasteiger partial charge in [-0.25, -0.2) is 4.79 Å². The molecule has 0 aliphatic carbocycles. The van der Waals surface area contributed by atoms with E-state index in [1.54, 1.807) is 42.5 Å². The first-order valence-electron chi connectivity index (χ1n) is 8.17. The van der Waals surface area contributed by atoms with Crippen LogP contribution in [-0.2, 0) is 16.1 Å². The van der Waals surface area contributed by atoms with Gasteiger partial charge in [0.15, 0.2) is 0 Å². The highest BCUT2D eigenvalue weighted by Gasteiger charge is 2.12. The van der Waals surface area contributed by atoms with E-state index >= 15 is 0 Å². The van der Waals surface area contributed by atoms with Crippen molar-refractivity contribution in [2.45, 2.75) is 13.0 Å². The average molecular weight is 372 g/mol. The summed E-state index contributed by atoms with van der Waals surface area (Å²) >= 11 is 0. The van der Waals surface area contributed by atoms with Crippen LogP contribution in [0.25, 0.3) is 0 Å². The number of para-hydroxylation sites is 2. The molecule has 0 spiro atoms. The van der Waals surface area contributed by atoms with Gasteiger partial charge in [-0.15, -0.1) is 0 Å². The van der Waals surface area contributed by atoms with Crippen LogP contribution in [0, 0.1) is 10.1 Å². The van der Waals surface area contributed by atoms with Crippen molar-refractivity contribution in [3.63, 3.8) is 0 Å². The van der Waals surface area contributed by atoms with Gasteiger partial charge in [-0.1, -0.05) is 24.3 Å². The van der Waals surface area contributed by atoms with Crippen molar-refractivity contribution in [2.75, 3.05) is 24.3 Å². The molecular formula is C18H20N4O5. The zero-order valence-electron chi connectivity index (χ0n) is 14.7. The van der Waals surface area contributed by atoms with Crippen LogP contribution < -0.4 is 16.0 Å². The van der Waals surface area contributed by atoms with E-state index in [4.69, 9.17) is 0 Å². The Morgan fingerprint density at radius 2 is 1.81 bits per heavy atom. The van der Waals surface area contributed by atoms with Crippen molar-refractivity contribution in [2.24, 2.45) is 0 Å². The lowest BCUT2D eigenvalue weighted by molar-refractivity contribution is -0.384. The van der Waals surface area contributed by atoms with E-state index in [0.29, 0.717) is 17.9 Å². The van der Waals surface area contributed by atoms with E-state index in [1.807, 2.05) is 0 Å². The number of carbonyl (C=O) groups excluding carboxylic acids is 2. The third-order valence-electron chi connectivity index (χ3n) is 3.64. The van der Waals surface area contributed by atoms with Crippen LogP contribution >= 0.6 is 0 Å². The topological polar surface area (TPSA) is 123 Å². The molecule has 0 heterocycles. The smallest absolute Gasteiger partial charge is 0.411 e. The van der Waals surface area contributed by atoms with Gasteiger partial charge in [0.1, 0.15) is 5.69 Å². The molecule has 0 unspecified atom stereocenters. The summed E-state index contributed by atoms with van der Waals surface area (Å²) in [7, 11) is 1.28. The fourth-order valence-electron chi connectivity index (χ4n) is 2.26. The lowest BCUT2D eigenvalue weighted by Crippen LogP contribution is -2.25. The summed E-state index contributed by atoms with van der Waals surface area (Å²) in [5.74, 6) is -0.183. The van der Waals surface area contributed by atoms with Crippen LogP contribution in [0.2, 0.25) is 0 Å². The molecule has 27 heavy (non-hydrogen) atoms. The predicted octanol–water partition coefficient (Wildman–Crippen LogP) is 2.89. The summed E-state index contributed by atoms with van der Waals surface area (Å²) in [6.07, 6.45) is -0.379. The Labute approximate surface area is 155 Å². The Bertz CT molecular complexity index is 808. The second-order valence-electron chi connectivity index (χ2n) is 5.54. The minimum Gasteiger partial charge on any atom is -0.453 e. The number of nitrogens with one attached hydrogen (secondary N) is 3. The highest BCUT2D eigenvalue weighted by molar-refractivity contribution is 5.84. The average Bonchev–Trinajstić information content (AvgIpc) is 2.67. The Morgan fingerprint density at radius 3 is 2.48 bits per heavy atom. The first-order chi connectivity index (χ1) is 13.0. The van der Waals surface area contributed by atoms with Crippen molar-refractivity contribution in [1.29, 1.82) is 0 Å². The molecule has 0 saturated heterocycles. The van der Waals surface area contributed by atoms with E-state index in [0.717, 1.165) is 5.56 Å². The number of rotatable bonds is 8. The molecule has 2 amide bonds. The van der Waals surface area contributed by atoms with Gasteiger partial charge in [-0.2, -0.15) is 0 Å². The third-order valence-corrected chi connectivity index (χ3v) is 3.64. The summed E-state index contributed by atoms with van der Waals surface area (Å²) in [5.41, 5.74) is 1.80. The quantitative estimate of drug-likeness (QED) is 0.484. The minimum absolute atomic E-state index is 0.0291. The Kier molecular flexibility index (Phi) is 7.12. The van der Waals surface area contributed by atoms with Gasteiger partial charge in [0.2, 0.25) is 5.91 Å². The molecule has 2 aromatic rings. The number of hydrogen-bond acceptors (Lipinski definition) is 6. The van der Waals surface area contributed by atoms with E-state index in [1.165, 1.54) is 13.2 Å². The van der Waals surface area contributed by atoms with Crippen LogP contribution in [0.1, 0.15) is 12.0 Å². The normalized spacial score (nSPS) is 9.96. The number of nitro groups is 1. The molecule has 0 aliphatic heterocycles. The lowest BCUT2D eigenvalue weighted by Gasteiger charge is -2.09. The van der Waals surface area contributed by atoms with Crippen molar-refractivity contribution >= 4 is 29.1 Å². The Hall–Kier alpha value is -3.62. The maximum absolute atomic E-state index is 11.9. The molecular weight excluding hydrogens is 352 g/mol. The zero-order chi connectivity index (χ0) is 19.6. The molecule has 0 bridgehead atoms. The van der Waals surface area contributed by atoms with E-state index in [9.17, 15) is 19.7 Å². The molecule has 0 fully saturated rings. The van der Waals surface area contributed by atoms with Crippen LogP contribution in [0.5, 0.6) is 0 Å². The molecule has 9 nitrogen and oxygen atoms in total. The largest absolute Gasteiger partial charge is 0.453 e. The molecule has 9 heteroatoms. The fourth-order valence-corrected chi connectivity index (χ4v) is 2.26.